The third kappa shape index (κ3) is 2.59. The van der Waals surface area contributed by atoms with Crippen LogP contribution in [-0.4, -0.2) is 27.2 Å². The molecule has 4 aliphatic rings. The number of para-hydroxylation sites is 1. The molecule has 0 unspecified atom stereocenters. The number of fused-ring (bicyclic) bond motifs is 9. The molecule has 3 aromatic rings. The van der Waals surface area contributed by atoms with Crippen molar-refractivity contribution in [3.8, 4) is 5.75 Å². The molecule has 2 aromatic carbocycles. The number of phenols is 1. The zero-order chi connectivity index (χ0) is 23.3. The molecule has 2 saturated carbocycles. The van der Waals surface area contributed by atoms with Gasteiger partial charge in [0.2, 0.25) is 11.8 Å². The number of carbonyl (C=O) groups excluding carboxylic acids is 2. The lowest BCUT2D eigenvalue weighted by Gasteiger charge is -2.43. The van der Waals surface area contributed by atoms with Crippen molar-refractivity contribution in [2.24, 2.45) is 29.6 Å². The van der Waals surface area contributed by atoms with Crippen LogP contribution >= 0.6 is 23.1 Å². The lowest BCUT2D eigenvalue weighted by molar-refractivity contribution is -0.123. The predicted molar refractivity (Wildman–Crippen MR) is 125 cm³/mol. The number of halogens is 1. The van der Waals surface area contributed by atoms with Gasteiger partial charge in [-0.1, -0.05) is 29.5 Å². The van der Waals surface area contributed by atoms with Crippen molar-refractivity contribution >= 4 is 40.6 Å². The van der Waals surface area contributed by atoms with Gasteiger partial charge in [0.1, 0.15) is 11.6 Å². The van der Waals surface area contributed by atoms with Crippen molar-refractivity contribution in [2.45, 2.75) is 22.6 Å². The summed E-state index contributed by atoms with van der Waals surface area (Å²) in [7, 11) is 0. The highest BCUT2D eigenvalue weighted by atomic mass is 32.2. The summed E-state index contributed by atoms with van der Waals surface area (Å²) in [5, 5.41) is 11.6. The van der Waals surface area contributed by atoms with Gasteiger partial charge in [0.15, 0.2) is 0 Å². The maximum Gasteiger partial charge on any atom is 0.305 e. The molecule has 3 fully saturated rings. The van der Waals surface area contributed by atoms with Crippen LogP contribution in [0.3, 0.4) is 0 Å². The Morgan fingerprint density at radius 3 is 2.41 bits per heavy atom. The number of aromatic hydroxyl groups is 1. The molecule has 2 N–H and O–H groups in total. The second kappa shape index (κ2) is 7.05. The second-order valence-electron chi connectivity index (χ2n) is 9.51. The van der Waals surface area contributed by atoms with Gasteiger partial charge in [0.05, 0.1) is 22.5 Å². The first-order chi connectivity index (χ1) is 16.4. The number of carbonyl (C=O) groups is 2. The molecular weight excluding hydrogens is 475 g/mol. The van der Waals surface area contributed by atoms with Crippen LogP contribution in [-0.2, 0) is 9.59 Å². The van der Waals surface area contributed by atoms with E-state index >= 15 is 0 Å². The molecular formula is C25H19FN2O4S2. The van der Waals surface area contributed by atoms with Gasteiger partial charge in [-0.05, 0) is 54.5 Å². The fourth-order valence-electron chi connectivity index (χ4n) is 6.96. The smallest absolute Gasteiger partial charge is 0.305 e. The predicted octanol–water partition coefficient (Wildman–Crippen LogP) is 3.96. The first-order valence-electron chi connectivity index (χ1n) is 11.2. The number of hydrogen-bond acceptors (Lipinski definition) is 6. The number of nitrogens with zero attached hydrogens (tertiary/aromatic N) is 1. The summed E-state index contributed by atoms with van der Waals surface area (Å²) in [5.41, 5.74) is 1.16. The molecule has 9 heteroatoms. The summed E-state index contributed by atoms with van der Waals surface area (Å²) in [5.74, 6) is -1.76. The highest BCUT2D eigenvalue weighted by molar-refractivity contribution is 8.00. The molecule has 1 saturated heterocycles. The van der Waals surface area contributed by atoms with Crippen molar-refractivity contribution in [1.29, 1.82) is 0 Å². The maximum absolute atomic E-state index is 13.6. The van der Waals surface area contributed by atoms with Crippen LogP contribution in [0.2, 0.25) is 0 Å². The lowest BCUT2D eigenvalue weighted by atomic mass is 9.68. The van der Waals surface area contributed by atoms with E-state index in [0.717, 1.165) is 33.2 Å². The van der Waals surface area contributed by atoms with E-state index in [1.807, 2.05) is 12.1 Å². The monoisotopic (exact) mass is 494 g/mol. The molecule has 2 bridgehead atoms. The second-order valence-corrected chi connectivity index (χ2v) is 11.7. The first-order valence-corrected chi connectivity index (χ1v) is 12.9. The zero-order valence-electron chi connectivity index (χ0n) is 17.7. The van der Waals surface area contributed by atoms with Gasteiger partial charge in [0.25, 0.3) is 0 Å². The molecule has 7 rings (SSSR count). The Labute approximate surface area is 201 Å². The topological polar surface area (TPSA) is 90.5 Å². The minimum Gasteiger partial charge on any atom is -0.508 e. The van der Waals surface area contributed by atoms with E-state index in [4.69, 9.17) is 0 Å². The van der Waals surface area contributed by atoms with Crippen LogP contribution in [0.15, 0.2) is 58.4 Å². The number of thiazole rings is 1. The van der Waals surface area contributed by atoms with Gasteiger partial charge in [-0.3, -0.25) is 19.3 Å². The van der Waals surface area contributed by atoms with Crippen molar-refractivity contribution in [3.05, 3.63) is 74.5 Å². The quantitative estimate of drug-likeness (QED) is 0.527. The molecule has 1 aromatic heterocycles. The minimum atomic E-state index is -0.435. The lowest BCUT2D eigenvalue weighted by Crippen LogP contribution is -2.42. The van der Waals surface area contributed by atoms with E-state index in [9.17, 15) is 23.9 Å². The third-order valence-corrected chi connectivity index (χ3v) is 10.7. The highest BCUT2D eigenvalue weighted by Gasteiger charge is 2.69. The van der Waals surface area contributed by atoms with Gasteiger partial charge in [0, 0.05) is 21.6 Å². The van der Waals surface area contributed by atoms with E-state index in [1.165, 1.54) is 29.2 Å². The van der Waals surface area contributed by atoms with Crippen LogP contribution in [0.5, 0.6) is 5.75 Å². The van der Waals surface area contributed by atoms with Gasteiger partial charge in [-0.25, -0.2) is 4.39 Å². The van der Waals surface area contributed by atoms with Gasteiger partial charge in [-0.15, -0.1) is 11.8 Å². The van der Waals surface area contributed by atoms with E-state index in [1.54, 1.807) is 23.9 Å². The Kier molecular flexibility index (Phi) is 4.24. The number of H-pyrrole nitrogens is 1. The van der Waals surface area contributed by atoms with Crippen molar-refractivity contribution in [1.82, 2.24) is 4.98 Å². The summed E-state index contributed by atoms with van der Waals surface area (Å²) in [6.45, 7) is 0. The Balaban J connectivity index is 1.34. The number of amides is 2. The standard InChI is InChI=1S/C25H19FN2O4S2/c26-10-5-7-11(8-6-10)28-23(30)18-13-9-14(19(18)24(28)31)20-17(13)16(12-3-1-2-4-15(12)29)21-22(33-20)27-25(32)34-21/h1-8,13-14,16-20,29H,9H2,(H,27,32)/t13-,14-,16+,17-,18+,19-,20+/m1/s1. The summed E-state index contributed by atoms with van der Waals surface area (Å²) >= 11 is 2.77. The van der Waals surface area contributed by atoms with Crippen LogP contribution in [0.4, 0.5) is 10.1 Å². The fraction of sp³-hybridized carbons (Fsp3) is 0.320. The number of nitrogens with one attached hydrogen (secondary N) is 1. The average molecular weight is 495 g/mol. The Morgan fingerprint density at radius 2 is 1.68 bits per heavy atom. The summed E-state index contributed by atoms with van der Waals surface area (Å²) in [4.78, 5) is 44.4. The molecule has 2 aliphatic heterocycles. The number of anilines is 1. The summed E-state index contributed by atoms with van der Waals surface area (Å²) in [6, 6.07) is 12.6. The molecule has 3 heterocycles. The van der Waals surface area contributed by atoms with Crippen LogP contribution in [0, 0.1) is 35.4 Å². The summed E-state index contributed by atoms with van der Waals surface area (Å²) in [6.07, 6.45) is 0.773. The van der Waals surface area contributed by atoms with Crippen molar-refractivity contribution in [3.63, 3.8) is 0 Å². The van der Waals surface area contributed by atoms with Gasteiger partial charge < -0.3 is 10.1 Å². The van der Waals surface area contributed by atoms with Gasteiger partial charge in [-0.2, -0.15) is 0 Å². The number of phenolic OH excluding ortho intramolecular Hbond substituents is 1. The molecule has 0 radical (unpaired) electrons. The molecule has 2 amide bonds. The van der Waals surface area contributed by atoms with E-state index in [-0.39, 0.29) is 51.4 Å². The van der Waals surface area contributed by atoms with E-state index < -0.39 is 17.7 Å². The molecule has 0 spiro atoms. The van der Waals surface area contributed by atoms with Crippen molar-refractivity contribution in [2.75, 3.05) is 4.90 Å². The number of aromatic amines is 1. The highest BCUT2D eigenvalue weighted by Crippen LogP contribution is 2.69. The molecule has 7 atom stereocenters. The third-order valence-electron chi connectivity index (χ3n) is 8.08. The minimum absolute atomic E-state index is 0.00296. The number of aromatic nitrogens is 1. The average Bonchev–Trinajstić information content (AvgIpc) is 3.54. The normalized spacial score (nSPS) is 33.2. The van der Waals surface area contributed by atoms with Gasteiger partial charge >= 0.3 is 4.87 Å². The molecule has 6 nitrogen and oxygen atoms in total. The van der Waals surface area contributed by atoms with E-state index in [0.29, 0.717) is 5.69 Å². The number of thioether (sulfide) groups is 1. The zero-order valence-corrected chi connectivity index (χ0v) is 19.3. The van der Waals surface area contributed by atoms with Crippen LogP contribution in [0.25, 0.3) is 0 Å². The maximum atomic E-state index is 13.6. The Bertz CT molecular complexity index is 1420. The van der Waals surface area contributed by atoms with Crippen LogP contribution < -0.4 is 9.77 Å². The number of benzene rings is 2. The molecule has 34 heavy (non-hydrogen) atoms. The Morgan fingerprint density at radius 1 is 0.971 bits per heavy atom. The summed E-state index contributed by atoms with van der Waals surface area (Å²) < 4.78 is 13.5. The number of hydrogen-bond donors (Lipinski definition) is 2. The SMILES string of the molecule is O=C1[C@@H]2[C@H]3C[C@@H]([C@@H]2C(=O)N1c1ccc(F)cc1)[C@@H]1[C@H](c2ccccc2O)c2sc(=O)[nH]c2S[C@@H]31. The van der Waals surface area contributed by atoms with Crippen molar-refractivity contribution < 1.29 is 19.1 Å². The van der Waals surface area contributed by atoms with Crippen LogP contribution in [0.1, 0.15) is 22.8 Å². The number of imide groups is 1. The molecule has 172 valence electrons. The largest absolute Gasteiger partial charge is 0.508 e. The Hall–Kier alpha value is -2.91. The number of rotatable bonds is 2. The molecule has 2 aliphatic carbocycles. The van der Waals surface area contributed by atoms with E-state index in [2.05, 4.69) is 4.98 Å². The first kappa shape index (κ1) is 20.5. The fourth-order valence-corrected chi connectivity index (χ4v) is 9.84.